The number of aromatic nitrogens is 2. The van der Waals surface area contributed by atoms with Crippen LogP contribution in [0.3, 0.4) is 0 Å². The monoisotopic (exact) mass is 726 g/mol. The van der Waals surface area contributed by atoms with E-state index in [0.717, 1.165) is 25.7 Å². The molecule has 1 saturated heterocycles. The molecule has 2 heterocycles. The maximum Gasteiger partial charge on any atom is 0.408 e. The first-order valence-corrected chi connectivity index (χ1v) is 19.0. The van der Waals surface area contributed by atoms with E-state index in [0.29, 0.717) is 23.6 Å². The molecule has 51 heavy (non-hydrogen) atoms. The van der Waals surface area contributed by atoms with E-state index in [4.69, 9.17) is 9.47 Å². The van der Waals surface area contributed by atoms with Crippen LogP contribution >= 0.6 is 0 Å². The van der Waals surface area contributed by atoms with E-state index in [1.54, 1.807) is 45.0 Å². The number of carbonyl (C=O) groups excluding carboxylic acids is 4. The Hall–Kier alpha value is -4.47. The first-order chi connectivity index (χ1) is 24.1. The van der Waals surface area contributed by atoms with Gasteiger partial charge in [0.2, 0.25) is 27.7 Å². The van der Waals surface area contributed by atoms with Gasteiger partial charge in [0.05, 0.1) is 29.2 Å². The largest absolute Gasteiger partial charge is 0.480 e. The number of benzene rings is 1. The zero-order valence-corrected chi connectivity index (χ0v) is 30.2. The molecule has 4 fully saturated rings. The molecule has 6 rings (SSSR count). The number of nitrogens with zero attached hydrogens (tertiary/aromatic N) is 3. The molecule has 4 amide bonds. The number of amides is 4. The molecular weight excluding hydrogens is 680 g/mol. The number of nitrogens with one attached hydrogen (secondary N) is 3. The second kappa shape index (κ2) is 13.6. The van der Waals surface area contributed by atoms with Crippen LogP contribution in [0.5, 0.6) is 5.88 Å². The third-order valence-electron chi connectivity index (χ3n) is 10.4. The number of alkyl carbamates (subject to hydrolysis) is 1. The summed E-state index contributed by atoms with van der Waals surface area (Å²) in [6.07, 6.45) is 4.75. The van der Waals surface area contributed by atoms with E-state index in [2.05, 4.69) is 27.0 Å². The number of fused-ring (bicyclic) bond motifs is 1. The average Bonchev–Trinajstić information content (AvgIpc) is 3.96. The van der Waals surface area contributed by atoms with Gasteiger partial charge in [-0.1, -0.05) is 39.0 Å². The lowest BCUT2D eigenvalue weighted by Gasteiger charge is -2.35. The minimum Gasteiger partial charge on any atom is -0.480 e. The van der Waals surface area contributed by atoms with Crippen molar-refractivity contribution in [3.05, 3.63) is 47.3 Å². The van der Waals surface area contributed by atoms with Gasteiger partial charge in [-0.15, -0.1) is 11.7 Å². The number of hydrogen-bond donors (Lipinski definition) is 3. The molecule has 1 aromatic heterocycles. The maximum absolute atomic E-state index is 14.6. The Morgan fingerprint density at radius 2 is 1.75 bits per heavy atom. The van der Waals surface area contributed by atoms with Crippen molar-refractivity contribution in [2.24, 2.45) is 11.3 Å². The Kier molecular flexibility index (Phi) is 9.67. The molecule has 0 bridgehead atoms. The zero-order valence-electron chi connectivity index (χ0n) is 29.3. The second-order valence-electron chi connectivity index (χ2n) is 15.1. The summed E-state index contributed by atoms with van der Waals surface area (Å²) in [4.78, 5) is 70.5. The molecule has 0 unspecified atom stereocenters. The molecule has 3 N–H and O–H groups in total. The predicted molar refractivity (Wildman–Crippen MR) is 186 cm³/mol. The molecular formula is C35H46N6O9S. The van der Waals surface area contributed by atoms with Crippen molar-refractivity contribution in [1.29, 1.82) is 0 Å². The van der Waals surface area contributed by atoms with Gasteiger partial charge in [-0.25, -0.2) is 17.9 Å². The van der Waals surface area contributed by atoms with E-state index >= 15 is 0 Å². The molecule has 16 heteroatoms. The molecule has 4 aliphatic rings. The van der Waals surface area contributed by atoms with Crippen LogP contribution in [0.1, 0.15) is 78.2 Å². The smallest absolute Gasteiger partial charge is 0.408 e. The van der Waals surface area contributed by atoms with Crippen molar-refractivity contribution >= 4 is 44.6 Å². The number of rotatable bonds is 11. The van der Waals surface area contributed by atoms with Crippen molar-refractivity contribution in [3.63, 3.8) is 0 Å². The Balaban J connectivity index is 1.33. The minimum absolute atomic E-state index is 0.0772. The van der Waals surface area contributed by atoms with Gasteiger partial charge >= 0.3 is 6.09 Å². The Bertz CT molecular complexity index is 1910. The average molecular weight is 727 g/mol. The number of hydrogen-bond acceptors (Lipinski definition) is 10. The molecule has 3 saturated carbocycles. The molecule has 0 spiro atoms. The fourth-order valence-electron chi connectivity index (χ4n) is 7.20. The van der Waals surface area contributed by atoms with Gasteiger partial charge in [0.25, 0.3) is 11.5 Å². The van der Waals surface area contributed by atoms with Crippen LogP contribution in [-0.4, -0.2) is 89.5 Å². The van der Waals surface area contributed by atoms with Crippen LogP contribution in [0.4, 0.5) is 4.79 Å². The van der Waals surface area contributed by atoms with Crippen molar-refractivity contribution in [1.82, 2.24) is 30.0 Å². The highest BCUT2D eigenvalue weighted by molar-refractivity contribution is 7.91. The summed E-state index contributed by atoms with van der Waals surface area (Å²) in [5, 5.41) is 10.1. The highest BCUT2D eigenvalue weighted by atomic mass is 32.2. The van der Waals surface area contributed by atoms with Crippen molar-refractivity contribution in [2.45, 2.75) is 107 Å². The molecule has 3 aliphatic carbocycles. The zero-order chi connectivity index (χ0) is 36.9. The number of methoxy groups -OCH3 is 1. The third kappa shape index (κ3) is 7.19. The Morgan fingerprint density at radius 1 is 1.08 bits per heavy atom. The topological polar surface area (TPSA) is 195 Å². The summed E-state index contributed by atoms with van der Waals surface area (Å²) < 4.78 is 39.8. The van der Waals surface area contributed by atoms with Crippen molar-refractivity contribution < 1.29 is 37.1 Å². The van der Waals surface area contributed by atoms with Crippen LogP contribution in [-0.2, 0) is 29.1 Å². The fraction of sp³-hybridized carbons (Fsp3) is 0.600. The lowest BCUT2D eigenvalue weighted by molar-refractivity contribution is -0.142. The lowest BCUT2D eigenvalue weighted by Crippen LogP contribution is -2.60. The van der Waals surface area contributed by atoms with E-state index < -0.39 is 79.6 Å². The van der Waals surface area contributed by atoms with Gasteiger partial charge in [-0.3, -0.25) is 23.9 Å². The van der Waals surface area contributed by atoms with Gasteiger partial charge in [0.15, 0.2) is 0 Å². The molecule has 276 valence electrons. The highest BCUT2D eigenvalue weighted by Crippen LogP contribution is 2.46. The molecule has 1 aromatic carbocycles. The lowest BCUT2D eigenvalue weighted by atomic mass is 9.85. The van der Waals surface area contributed by atoms with Gasteiger partial charge in [0.1, 0.15) is 23.7 Å². The van der Waals surface area contributed by atoms with E-state index in [1.807, 2.05) is 0 Å². The molecule has 15 nitrogen and oxygen atoms in total. The standard InChI is InChI=1S/C35H46N6O9S/c1-6-20-18-35(20,32(45)39-51(47,48)23-15-16-23)37-28(42)26-17-21(41-30(43)25-14-10-9-13-24(25)29(38-41)49-5)19-40(26)31(44)27(34(2,3)4)36-33(46)50-22-11-7-8-12-22/h6,9-10,13-14,20-23,26-27H,1,7-8,11-12,15-19H2,2-5H3,(H,36,46)(H,37,42)(H,39,45)/t20-,21-,26+,27-,35-/m1/s1. The third-order valence-corrected chi connectivity index (χ3v) is 12.2. The molecule has 2 aromatic rings. The molecule has 5 atom stereocenters. The van der Waals surface area contributed by atoms with Gasteiger partial charge < -0.3 is 25.0 Å². The molecule has 0 radical (unpaired) electrons. The van der Waals surface area contributed by atoms with E-state index in [-0.39, 0.29) is 31.4 Å². The van der Waals surface area contributed by atoms with Gasteiger partial charge in [-0.05, 0) is 62.5 Å². The second-order valence-corrected chi connectivity index (χ2v) is 17.1. The predicted octanol–water partition coefficient (Wildman–Crippen LogP) is 2.30. The summed E-state index contributed by atoms with van der Waals surface area (Å²) in [6, 6.07) is 3.61. The number of ether oxygens (including phenoxy) is 2. The Morgan fingerprint density at radius 3 is 2.33 bits per heavy atom. The first-order valence-electron chi connectivity index (χ1n) is 17.4. The fourth-order valence-corrected chi connectivity index (χ4v) is 8.56. The summed E-state index contributed by atoms with van der Waals surface area (Å²) in [5.74, 6) is -2.57. The first kappa shape index (κ1) is 36.3. The summed E-state index contributed by atoms with van der Waals surface area (Å²) in [6.45, 7) is 8.92. The normalized spacial score (nSPS) is 25.6. The minimum atomic E-state index is -3.92. The number of likely N-dealkylation sites (tertiary alicyclic amines) is 1. The SMILES string of the molecule is C=C[C@@H]1C[C@]1(NC(=O)[C@@H]1C[C@@H](n2nc(OC)c3ccccc3c2=O)CN1C(=O)[C@@H](NC(=O)OC1CCCC1)C(C)(C)C)C(=O)NS(=O)(=O)C1CC1. The van der Waals surface area contributed by atoms with E-state index in [9.17, 15) is 32.4 Å². The Labute approximate surface area is 296 Å². The van der Waals surface area contributed by atoms with Crippen LogP contribution in [0.15, 0.2) is 41.7 Å². The quantitative estimate of drug-likeness (QED) is 0.289. The van der Waals surface area contributed by atoms with Gasteiger partial charge in [-0.2, -0.15) is 0 Å². The van der Waals surface area contributed by atoms with Gasteiger partial charge in [0, 0.05) is 18.9 Å². The number of sulfonamides is 1. The van der Waals surface area contributed by atoms with Crippen LogP contribution in [0.2, 0.25) is 0 Å². The van der Waals surface area contributed by atoms with Crippen LogP contribution in [0, 0.1) is 11.3 Å². The van der Waals surface area contributed by atoms with Crippen molar-refractivity contribution in [3.8, 4) is 5.88 Å². The summed E-state index contributed by atoms with van der Waals surface area (Å²) in [7, 11) is -2.50. The van der Waals surface area contributed by atoms with Crippen LogP contribution < -0.4 is 25.7 Å². The highest BCUT2D eigenvalue weighted by Gasteiger charge is 2.62. The van der Waals surface area contributed by atoms with Crippen LogP contribution in [0.25, 0.3) is 10.8 Å². The van der Waals surface area contributed by atoms with E-state index in [1.165, 1.54) is 22.8 Å². The summed E-state index contributed by atoms with van der Waals surface area (Å²) in [5.41, 5.74) is -2.89. The number of carbonyl (C=O) groups is 4. The maximum atomic E-state index is 14.6. The molecule has 1 aliphatic heterocycles. The summed E-state index contributed by atoms with van der Waals surface area (Å²) >= 11 is 0. The van der Waals surface area contributed by atoms with Crippen molar-refractivity contribution in [2.75, 3.05) is 13.7 Å².